The van der Waals surface area contributed by atoms with Crippen LogP contribution < -0.4 is 10.1 Å². The lowest BCUT2D eigenvalue weighted by molar-refractivity contribution is 0.340. The highest BCUT2D eigenvalue weighted by Gasteiger charge is 2.09. The van der Waals surface area contributed by atoms with Crippen LogP contribution in [0.4, 0.5) is 0 Å². The van der Waals surface area contributed by atoms with E-state index in [4.69, 9.17) is 9.73 Å². The summed E-state index contributed by atoms with van der Waals surface area (Å²) in [5.41, 5.74) is 2.50. The number of aryl methyl sites for hydroxylation is 1. The average molecular weight is 435 g/mol. The topological polar surface area (TPSA) is 67.6 Å². The number of nitrogens with zero attached hydrogens (tertiary/aromatic N) is 5. The number of hydrogen-bond donors (Lipinski definition) is 1. The Morgan fingerprint density at radius 3 is 2.56 bits per heavy atom. The molecule has 0 aliphatic heterocycles. The Hall–Kier alpha value is -3.35. The number of ether oxygens (including phenoxy) is 1. The quantitative estimate of drug-likeness (QED) is 0.369. The highest BCUT2D eigenvalue weighted by atomic mass is 16.5. The number of benzene rings is 2. The van der Waals surface area contributed by atoms with Gasteiger partial charge in [0.2, 0.25) is 0 Å². The van der Waals surface area contributed by atoms with E-state index in [-0.39, 0.29) is 0 Å². The molecule has 1 heterocycles. The van der Waals surface area contributed by atoms with E-state index in [2.05, 4.69) is 75.4 Å². The Kier molecular flexibility index (Phi) is 9.10. The van der Waals surface area contributed by atoms with Crippen LogP contribution in [0.25, 0.3) is 0 Å². The molecule has 0 radical (unpaired) electrons. The fourth-order valence-corrected chi connectivity index (χ4v) is 3.48. The normalized spacial score (nSPS) is 11.4. The van der Waals surface area contributed by atoms with Gasteiger partial charge in [0.1, 0.15) is 17.9 Å². The molecule has 0 atom stereocenters. The van der Waals surface area contributed by atoms with Gasteiger partial charge >= 0.3 is 0 Å². The molecule has 170 valence electrons. The number of aliphatic imine (C=N–C) groups is 1. The molecule has 2 aromatic carbocycles. The third kappa shape index (κ3) is 7.11. The molecule has 3 aromatic rings. The predicted molar refractivity (Wildman–Crippen MR) is 129 cm³/mol. The number of guanidine groups is 1. The largest absolute Gasteiger partial charge is 0.494 e. The molecule has 0 aliphatic carbocycles. The molecule has 1 N–H and O–H groups in total. The Morgan fingerprint density at radius 2 is 1.84 bits per heavy atom. The van der Waals surface area contributed by atoms with E-state index in [9.17, 15) is 0 Å². The highest BCUT2D eigenvalue weighted by molar-refractivity contribution is 5.79. The van der Waals surface area contributed by atoms with Crippen molar-refractivity contribution < 1.29 is 4.74 Å². The second-order valence-corrected chi connectivity index (χ2v) is 7.59. The third-order valence-electron chi connectivity index (χ3n) is 5.17. The summed E-state index contributed by atoms with van der Waals surface area (Å²) in [6, 6.07) is 18.7. The van der Waals surface area contributed by atoms with E-state index < -0.39 is 0 Å². The minimum Gasteiger partial charge on any atom is -0.494 e. The highest BCUT2D eigenvalue weighted by Crippen LogP contribution is 2.13. The van der Waals surface area contributed by atoms with Crippen LogP contribution in [0.3, 0.4) is 0 Å². The average Bonchev–Trinajstić information content (AvgIpc) is 3.27. The first kappa shape index (κ1) is 23.3. The molecular weight excluding hydrogens is 400 g/mol. The molecular formula is C25H34N6O. The van der Waals surface area contributed by atoms with Crippen LogP contribution in [-0.2, 0) is 25.9 Å². The van der Waals surface area contributed by atoms with Crippen LogP contribution >= 0.6 is 0 Å². The lowest BCUT2D eigenvalue weighted by Gasteiger charge is -2.23. The standard InChI is InChI=1S/C25H34N6O/c1-4-24-29-28-20-31(24)18-17-27-25(26-16-15-21-9-7-6-8-10-21)30(3)19-22-11-13-23(14-12-22)32-5-2/h6-14,20H,4-5,15-19H2,1-3H3,(H,26,27). The maximum atomic E-state index is 5.55. The first-order chi connectivity index (χ1) is 15.7. The Balaban J connectivity index is 1.63. The van der Waals surface area contributed by atoms with Gasteiger partial charge in [0.05, 0.1) is 6.61 Å². The summed E-state index contributed by atoms with van der Waals surface area (Å²) >= 11 is 0. The minimum absolute atomic E-state index is 0.674. The summed E-state index contributed by atoms with van der Waals surface area (Å²) in [4.78, 5) is 7.05. The molecule has 3 rings (SSSR count). The van der Waals surface area contributed by atoms with Crippen LogP contribution in [0.15, 0.2) is 65.9 Å². The smallest absolute Gasteiger partial charge is 0.194 e. The van der Waals surface area contributed by atoms with Crippen LogP contribution in [0.2, 0.25) is 0 Å². The molecule has 0 spiro atoms. The van der Waals surface area contributed by atoms with Crippen molar-refractivity contribution in [2.75, 3.05) is 26.7 Å². The van der Waals surface area contributed by atoms with Crippen LogP contribution in [0.5, 0.6) is 5.75 Å². The Labute approximate surface area is 191 Å². The van der Waals surface area contributed by atoms with Crippen molar-refractivity contribution in [3.8, 4) is 5.75 Å². The Morgan fingerprint density at radius 1 is 1.06 bits per heavy atom. The lowest BCUT2D eigenvalue weighted by atomic mass is 10.2. The molecule has 0 saturated heterocycles. The van der Waals surface area contributed by atoms with Crippen LogP contribution in [0, 0.1) is 0 Å². The molecule has 7 nitrogen and oxygen atoms in total. The number of aromatic nitrogens is 3. The van der Waals surface area contributed by atoms with E-state index in [1.165, 1.54) is 11.1 Å². The summed E-state index contributed by atoms with van der Waals surface area (Å²) in [6.45, 7) is 7.80. The number of nitrogens with one attached hydrogen (secondary N) is 1. The van der Waals surface area contributed by atoms with Gasteiger partial charge in [-0.2, -0.15) is 0 Å². The third-order valence-corrected chi connectivity index (χ3v) is 5.17. The van der Waals surface area contributed by atoms with E-state index in [0.717, 1.165) is 56.6 Å². The summed E-state index contributed by atoms with van der Waals surface area (Å²) in [5, 5.41) is 11.7. The number of hydrogen-bond acceptors (Lipinski definition) is 4. The van der Waals surface area contributed by atoms with Crippen molar-refractivity contribution in [1.29, 1.82) is 0 Å². The van der Waals surface area contributed by atoms with Crippen LogP contribution in [-0.4, -0.2) is 52.4 Å². The summed E-state index contributed by atoms with van der Waals surface area (Å²) < 4.78 is 7.64. The molecule has 0 bridgehead atoms. The van der Waals surface area contributed by atoms with Crippen molar-refractivity contribution >= 4 is 5.96 Å². The lowest BCUT2D eigenvalue weighted by Crippen LogP contribution is -2.40. The Bertz CT molecular complexity index is 952. The van der Waals surface area contributed by atoms with Gasteiger partial charge in [-0.25, -0.2) is 0 Å². The maximum Gasteiger partial charge on any atom is 0.194 e. The van der Waals surface area contributed by atoms with E-state index in [0.29, 0.717) is 6.61 Å². The molecule has 0 fully saturated rings. The van der Waals surface area contributed by atoms with Gasteiger partial charge in [-0.1, -0.05) is 49.4 Å². The molecule has 0 unspecified atom stereocenters. The SMILES string of the molecule is CCOc1ccc(CN(C)C(=NCCc2ccccc2)NCCn2cnnc2CC)cc1. The van der Waals surface area contributed by atoms with Gasteiger partial charge in [-0.3, -0.25) is 4.99 Å². The summed E-state index contributed by atoms with van der Waals surface area (Å²) in [6.07, 6.45) is 3.57. The minimum atomic E-state index is 0.674. The van der Waals surface area contributed by atoms with E-state index in [1.807, 2.05) is 25.1 Å². The van der Waals surface area contributed by atoms with E-state index >= 15 is 0 Å². The fourth-order valence-electron chi connectivity index (χ4n) is 3.48. The van der Waals surface area contributed by atoms with Crippen molar-refractivity contribution in [3.05, 3.63) is 77.9 Å². The molecule has 0 amide bonds. The number of rotatable bonds is 11. The zero-order chi connectivity index (χ0) is 22.6. The zero-order valence-corrected chi connectivity index (χ0v) is 19.4. The molecule has 7 heteroatoms. The second-order valence-electron chi connectivity index (χ2n) is 7.59. The van der Waals surface area contributed by atoms with E-state index in [1.54, 1.807) is 6.33 Å². The van der Waals surface area contributed by atoms with Crippen molar-refractivity contribution in [2.24, 2.45) is 4.99 Å². The maximum absolute atomic E-state index is 5.55. The van der Waals surface area contributed by atoms with Crippen molar-refractivity contribution in [1.82, 2.24) is 25.0 Å². The molecule has 1 aromatic heterocycles. The second kappa shape index (κ2) is 12.5. The summed E-state index contributed by atoms with van der Waals surface area (Å²) in [7, 11) is 2.07. The summed E-state index contributed by atoms with van der Waals surface area (Å²) in [5.74, 6) is 2.78. The van der Waals surface area contributed by atoms with Gasteiger partial charge in [0.15, 0.2) is 5.96 Å². The molecule has 0 aliphatic rings. The van der Waals surface area contributed by atoms with Gasteiger partial charge < -0.3 is 19.5 Å². The molecule has 0 saturated carbocycles. The predicted octanol–water partition coefficient (Wildman–Crippen LogP) is 3.56. The molecule has 32 heavy (non-hydrogen) atoms. The van der Waals surface area contributed by atoms with Gasteiger partial charge in [-0.05, 0) is 36.6 Å². The van der Waals surface area contributed by atoms with Gasteiger partial charge in [0.25, 0.3) is 0 Å². The van der Waals surface area contributed by atoms with Crippen molar-refractivity contribution in [2.45, 2.75) is 39.8 Å². The van der Waals surface area contributed by atoms with Crippen molar-refractivity contribution in [3.63, 3.8) is 0 Å². The zero-order valence-electron chi connectivity index (χ0n) is 19.4. The van der Waals surface area contributed by atoms with Gasteiger partial charge in [0, 0.05) is 39.6 Å². The first-order valence-corrected chi connectivity index (χ1v) is 11.3. The fraction of sp³-hybridized carbons (Fsp3) is 0.400. The van der Waals surface area contributed by atoms with Gasteiger partial charge in [-0.15, -0.1) is 10.2 Å². The van der Waals surface area contributed by atoms with Crippen LogP contribution in [0.1, 0.15) is 30.8 Å². The first-order valence-electron chi connectivity index (χ1n) is 11.3. The monoisotopic (exact) mass is 434 g/mol.